The molecule has 160 valence electrons. The summed E-state index contributed by atoms with van der Waals surface area (Å²) >= 11 is 9.31. The average molecular weight is 464 g/mol. The molecule has 0 fully saturated rings. The number of methoxy groups -OCH3 is 1. The number of amides is 1. The van der Waals surface area contributed by atoms with Crippen molar-refractivity contribution in [2.24, 2.45) is 5.41 Å². The minimum absolute atomic E-state index is 0.0470. The second-order valence-electron chi connectivity index (χ2n) is 8.00. The van der Waals surface area contributed by atoms with Crippen molar-refractivity contribution >= 4 is 45.3 Å². The van der Waals surface area contributed by atoms with E-state index in [-0.39, 0.29) is 5.91 Å². The van der Waals surface area contributed by atoms with Gasteiger partial charge in [-0.25, -0.2) is 9.97 Å². The standard InChI is InChI=1S/C22H26ClN3O2S2/c1-7-15-19(30-21(24-15)26-20(27)22(3,4)5)18-12(2)29-17(25-18)11-13-10-14(23)8-9-16(13)28-6/h8-10H,7,11H2,1-6H3,(H,24,26,27). The smallest absolute Gasteiger partial charge is 0.231 e. The first-order valence-corrected chi connectivity index (χ1v) is 11.7. The Kier molecular flexibility index (Phi) is 6.84. The summed E-state index contributed by atoms with van der Waals surface area (Å²) in [5.41, 5.74) is 2.41. The van der Waals surface area contributed by atoms with Crippen molar-refractivity contribution in [1.29, 1.82) is 0 Å². The van der Waals surface area contributed by atoms with Gasteiger partial charge >= 0.3 is 0 Å². The first-order chi connectivity index (χ1) is 14.1. The summed E-state index contributed by atoms with van der Waals surface area (Å²) in [4.78, 5) is 24.1. The third-order valence-electron chi connectivity index (χ3n) is 4.57. The Hall–Kier alpha value is -1.96. The third kappa shape index (κ3) is 5.02. The van der Waals surface area contributed by atoms with Gasteiger partial charge in [0, 0.05) is 27.3 Å². The molecule has 1 amide bonds. The lowest BCUT2D eigenvalue weighted by Gasteiger charge is -2.15. The van der Waals surface area contributed by atoms with Crippen LogP contribution >= 0.6 is 34.3 Å². The van der Waals surface area contributed by atoms with Crippen LogP contribution in [0.2, 0.25) is 5.02 Å². The second-order valence-corrected chi connectivity index (χ2v) is 10.7. The molecule has 30 heavy (non-hydrogen) atoms. The van der Waals surface area contributed by atoms with Crippen molar-refractivity contribution in [2.45, 2.75) is 47.5 Å². The van der Waals surface area contributed by atoms with Crippen molar-refractivity contribution in [3.8, 4) is 16.3 Å². The Morgan fingerprint density at radius 3 is 2.60 bits per heavy atom. The number of ether oxygens (including phenoxy) is 1. The lowest BCUT2D eigenvalue weighted by molar-refractivity contribution is -0.123. The van der Waals surface area contributed by atoms with Crippen molar-refractivity contribution < 1.29 is 9.53 Å². The van der Waals surface area contributed by atoms with Crippen LogP contribution < -0.4 is 10.1 Å². The van der Waals surface area contributed by atoms with Gasteiger partial charge in [0.05, 0.1) is 28.4 Å². The highest BCUT2D eigenvalue weighted by Gasteiger charge is 2.24. The minimum atomic E-state index is -0.474. The Balaban J connectivity index is 1.92. The Bertz CT molecular complexity index is 1070. The number of aromatic nitrogens is 2. The topological polar surface area (TPSA) is 64.1 Å². The summed E-state index contributed by atoms with van der Waals surface area (Å²) in [6.07, 6.45) is 1.41. The summed E-state index contributed by atoms with van der Waals surface area (Å²) in [5.74, 6) is 0.752. The second kappa shape index (κ2) is 9.04. The third-order valence-corrected chi connectivity index (χ3v) is 6.80. The number of rotatable bonds is 6. The van der Waals surface area contributed by atoms with E-state index in [2.05, 4.69) is 24.1 Å². The highest BCUT2D eigenvalue weighted by atomic mass is 35.5. The number of carbonyl (C=O) groups excluding carboxylic acids is 1. The fourth-order valence-electron chi connectivity index (χ4n) is 2.90. The fourth-order valence-corrected chi connectivity index (χ4v) is 5.22. The van der Waals surface area contributed by atoms with Crippen LogP contribution in [0.25, 0.3) is 10.6 Å². The van der Waals surface area contributed by atoms with Gasteiger partial charge in [0.1, 0.15) is 5.75 Å². The summed E-state index contributed by atoms with van der Waals surface area (Å²) in [7, 11) is 1.66. The van der Waals surface area contributed by atoms with Gasteiger partial charge < -0.3 is 10.1 Å². The monoisotopic (exact) mass is 463 g/mol. The molecule has 0 radical (unpaired) electrons. The number of hydrogen-bond donors (Lipinski definition) is 1. The van der Waals surface area contributed by atoms with Crippen molar-refractivity contribution in [1.82, 2.24) is 9.97 Å². The molecule has 0 aliphatic heterocycles. The van der Waals surface area contributed by atoms with E-state index < -0.39 is 5.41 Å². The molecule has 0 saturated carbocycles. The number of nitrogens with one attached hydrogen (secondary N) is 1. The molecule has 3 rings (SSSR count). The van der Waals surface area contributed by atoms with Gasteiger partial charge in [0.15, 0.2) is 5.13 Å². The van der Waals surface area contributed by atoms with Crippen LogP contribution in [0.5, 0.6) is 5.75 Å². The van der Waals surface area contributed by atoms with E-state index in [0.29, 0.717) is 16.6 Å². The van der Waals surface area contributed by atoms with Crippen LogP contribution in [0.3, 0.4) is 0 Å². The van der Waals surface area contributed by atoms with E-state index >= 15 is 0 Å². The van der Waals surface area contributed by atoms with Gasteiger partial charge in [-0.15, -0.1) is 11.3 Å². The average Bonchev–Trinajstić information content (AvgIpc) is 3.23. The quantitative estimate of drug-likeness (QED) is 0.461. The number of thiazole rings is 2. The summed E-state index contributed by atoms with van der Waals surface area (Å²) in [5, 5.41) is 5.23. The molecule has 0 bridgehead atoms. The molecule has 1 aromatic carbocycles. The molecule has 2 heterocycles. The van der Waals surface area contributed by atoms with Crippen LogP contribution in [-0.2, 0) is 17.6 Å². The molecule has 0 spiro atoms. The number of nitrogens with zero attached hydrogens (tertiary/aromatic N) is 2. The zero-order valence-corrected chi connectivity index (χ0v) is 20.4. The van der Waals surface area contributed by atoms with Gasteiger partial charge in [0.2, 0.25) is 5.91 Å². The summed E-state index contributed by atoms with van der Waals surface area (Å²) in [6, 6.07) is 5.61. The van der Waals surface area contributed by atoms with Gasteiger partial charge in [-0.2, -0.15) is 0 Å². The van der Waals surface area contributed by atoms with Gasteiger partial charge in [0.25, 0.3) is 0 Å². The van der Waals surface area contributed by atoms with Crippen LogP contribution in [0.15, 0.2) is 18.2 Å². The molecule has 5 nitrogen and oxygen atoms in total. The fraction of sp³-hybridized carbons (Fsp3) is 0.409. The summed E-state index contributed by atoms with van der Waals surface area (Å²) < 4.78 is 5.47. The lowest BCUT2D eigenvalue weighted by Crippen LogP contribution is -2.27. The Morgan fingerprint density at radius 1 is 1.23 bits per heavy atom. The molecule has 0 aliphatic rings. The van der Waals surface area contributed by atoms with E-state index in [9.17, 15) is 4.79 Å². The van der Waals surface area contributed by atoms with E-state index in [1.807, 2.05) is 39.0 Å². The molecular weight excluding hydrogens is 438 g/mol. The van der Waals surface area contributed by atoms with E-state index in [1.54, 1.807) is 18.4 Å². The molecule has 1 N–H and O–H groups in total. The van der Waals surface area contributed by atoms with Crippen molar-refractivity contribution in [3.63, 3.8) is 0 Å². The molecule has 3 aromatic rings. The zero-order chi connectivity index (χ0) is 22.1. The highest BCUT2D eigenvalue weighted by molar-refractivity contribution is 7.19. The number of anilines is 1. The molecular formula is C22H26ClN3O2S2. The van der Waals surface area contributed by atoms with Crippen molar-refractivity contribution in [2.75, 3.05) is 12.4 Å². The SMILES string of the molecule is CCc1nc(NC(=O)C(C)(C)C)sc1-c1nc(Cc2cc(Cl)ccc2OC)sc1C. The molecule has 0 atom stereocenters. The normalized spacial score (nSPS) is 11.6. The molecule has 2 aromatic heterocycles. The summed E-state index contributed by atoms with van der Waals surface area (Å²) in [6.45, 7) is 9.79. The number of hydrogen-bond acceptors (Lipinski definition) is 6. The maximum Gasteiger partial charge on any atom is 0.231 e. The van der Waals surface area contributed by atoms with Gasteiger partial charge in [-0.1, -0.05) is 50.6 Å². The molecule has 0 aliphatic carbocycles. The molecule has 0 unspecified atom stereocenters. The largest absolute Gasteiger partial charge is 0.496 e. The zero-order valence-electron chi connectivity index (χ0n) is 18.1. The molecule has 0 saturated heterocycles. The Labute approximate surface area is 190 Å². The number of halogens is 1. The number of benzene rings is 1. The van der Waals surface area contributed by atoms with Crippen LogP contribution in [0.4, 0.5) is 5.13 Å². The van der Waals surface area contributed by atoms with E-state index in [4.69, 9.17) is 21.3 Å². The van der Waals surface area contributed by atoms with Gasteiger partial charge in [-0.05, 0) is 31.5 Å². The highest BCUT2D eigenvalue weighted by Crippen LogP contribution is 2.38. The van der Waals surface area contributed by atoms with Crippen LogP contribution in [0, 0.1) is 12.3 Å². The minimum Gasteiger partial charge on any atom is -0.496 e. The maximum atomic E-state index is 12.4. The first kappa shape index (κ1) is 22.7. The predicted octanol–water partition coefficient (Wildman–Crippen LogP) is 6.37. The maximum absolute atomic E-state index is 12.4. The first-order valence-electron chi connectivity index (χ1n) is 9.72. The Morgan fingerprint density at radius 2 is 1.97 bits per heavy atom. The van der Waals surface area contributed by atoms with Crippen LogP contribution in [0.1, 0.15) is 48.8 Å². The molecule has 8 heteroatoms. The van der Waals surface area contributed by atoms with Gasteiger partial charge in [-0.3, -0.25) is 4.79 Å². The van der Waals surface area contributed by atoms with E-state index in [1.165, 1.54) is 11.3 Å². The number of aryl methyl sites for hydroxylation is 2. The predicted molar refractivity (Wildman–Crippen MR) is 126 cm³/mol. The van der Waals surface area contributed by atoms with Crippen molar-refractivity contribution in [3.05, 3.63) is 44.4 Å². The van der Waals surface area contributed by atoms with Crippen LogP contribution in [-0.4, -0.2) is 23.0 Å². The van der Waals surface area contributed by atoms with E-state index in [0.717, 1.165) is 43.9 Å². The number of carbonyl (C=O) groups is 1. The lowest BCUT2D eigenvalue weighted by atomic mass is 9.96.